The number of nitrogens with one attached hydrogen (secondary N) is 1. The summed E-state index contributed by atoms with van der Waals surface area (Å²) in [5.41, 5.74) is 0.670. The molecule has 0 saturated heterocycles. The standard InChI is InChI=1S/C20H26FN5O4/c1-30-18(29)12-26-20(23-24-25-26)19(14-7-9-15(21)10-8-14)22-16(11-17(27)28)13-5-3-2-4-6-13/h7-10,13,16,19,22H,2-6,11-12H2,1H3,(H,27,28). The third kappa shape index (κ3) is 5.59. The Labute approximate surface area is 173 Å². The zero-order chi connectivity index (χ0) is 21.5. The van der Waals surface area contributed by atoms with Gasteiger partial charge < -0.3 is 9.84 Å². The van der Waals surface area contributed by atoms with Crippen molar-refractivity contribution >= 4 is 11.9 Å². The first kappa shape index (κ1) is 21.8. The molecule has 30 heavy (non-hydrogen) atoms. The molecule has 0 bridgehead atoms. The number of carboxylic acid groups (broad SMARTS) is 1. The van der Waals surface area contributed by atoms with E-state index in [1.807, 2.05) is 0 Å². The number of esters is 1. The lowest BCUT2D eigenvalue weighted by atomic mass is 9.82. The third-order valence-corrected chi connectivity index (χ3v) is 5.52. The number of hydrogen-bond donors (Lipinski definition) is 2. The Kier molecular flexibility index (Phi) is 7.45. The summed E-state index contributed by atoms with van der Waals surface area (Å²) >= 11 is 0. The van der Waals surface area contributed by atoms with E-state index < -0.39 is 18.0 Å². The van der Waals surface area contributed by atoms with Crippen LogP contribution in [-0.4, -0.2) is 50.4 Å². The number of aliphatic carboxylic acids is 1. The highest BCUT2D eigenvalue weighted by atomic mass is 19.1. The van der Waals surface area contributed by atoms with Crippen molar-refractivity contribution in [3.05, 3.63) is 41.5 Å². The number of hydrogen-bond acceptors (Lipinski definition) is 7. The first-order valence-corrected chi connectivity index (χ1v) is 10.0. The normalized spacial score (nSPS) is 16.7. The van der Waals surface area contributed by atoms with Gasteiger partial charge in [0, 0.05) is 6.04 Å². The minimum atomic E-state index is -0.898. The van der Waals surface area contributed by atoms with Crippen molar-refractivity contribution in [1.82, 2.24) is 25.5 Å². The molecule has 1 aliphatic carbocycles. The largest absolute Gasteiger partial charge is 0.481 e. The zero-order valence-corrected chi connectivity index (χ0v) is 16.8. The highest BCUT2D eigenvalue weighted by Gasteiger charge is 2.31. The van der Waals surface area contributed by atoms with Crippen LogP contribution in [-0.2, 0) is 20.9 Å². The van der Waals surface area contributed by atoms with Crippen LogP contribution in [0.1, 0.15) is 56.0 Å². The Hall–Kier alpha value is -2.88. The van der Waals surface area contributed by atoms with Gasteiger partial charge in [0.2, 0.25) is 0 Å². The molecule has 3 rings (SSSR count). The quantitative estimate of drug-likeness (QED) is 0.593. The first-order chi connectivity index (χ1) is 14.5. The Balaban J connectivity index is 1.94. The number of halogens is 1. The molecule has 2 atom stereocenters. The summed E-state index contributed by atoms with van der Waals surface area (Å²) in [5, 5.41) is 24.5. The molecular formula is C20H26FN5O4. The van der Waals surface area contributed by atoms with Gasteiger partial charge in [0.15, 0.2) is 5.82 Å². The van der Waals surface area contributed by atoms with Gasteiger partial charge in [-0.3, -0.25) is 14.9 Å². The number of nitrogens with zero attached hydrogens (tertiary/aromatic N) is 4. The number of aromatic nitrogens is 4. The number of carbonyl (C=O) groups excluding carboxylic acids is 1. The van der Waals surface area contributed by atoms with Gasteiger partial charge in [-0.1, -0.05) is 31.4 Å². The van der Waals surface area contributed by atoms with Gasteiger partial charge in [-0.05, 0) is 46.9 Å². The third-order valence-electron chi connectivity index (χ3n) is 5.52. The monoisotopic (exact) mass is 419 g/mol. The Morgan fingerprint density at radius 1 is 1.27 bits per heavy atom. The van der Waals surface area contributed by atoms with Crippen LogP contribution in [0.15, 0.2) is 24.3 Å². The van der Waals surface area contributed by atoms with Crippen LogP contribution >= 0.6 is 0 Å². The van der Waals surface area contributed by atoms with Crippen LogP contribution in [0.2, 0.25) is 0 Å². The van der Waals surface area contributed by atoms with E-state index in [1.54, 1.807) is 12.1 Å². The van der Waals surface area contributed by atoms with Crippen LogP contribution in [0.5, 0.6) is 0 Å². The minimum Gasteiger partial charge on any atom is -0.481 e. The number of ether oxygens (including phenoxy) is 1. The van der Waals surface area contributed by atoms with Crippen molar-refractivity contribution in [3.8, 4) is 0 Å². The van der Waals surface area contributed by atoms with Crippen LogP contribution < -0.4 is 5.32 Å². The zero-order valence-electron chi connectivity index (χ0n) is 16.8. The average molecular weight is 419 g/mol. The smallest absolute Gasteiger partial charge is 0.327 e. The summed E-state index contributed by atoms with van der Waals surface area (Å²) in [6.45, 7) is -0.189. The van der Waals surface area contributed by atoms with Gasteiger partial charge >= 0.3 is 11.9 Å². The number of tetrazole rings is 1. The maximum absolute atomic E-state index is 13.5. The molecule has 9 nitrogen and oxygen atoms in total. The summed E-state index contributed by atoms with van der Waals surface area (Å²) in [5.74, 6) is -1.28. The van der Waals surface area contributed by atoms with Crippen LogP contribution in [0.4, 0.5) is 4.39 Å². The van der Waals surface area contributed by atoms with Gasteiger partial charge in [-0.15, -0.1) is 5.10 Å². The van der Waals surface area contributed by atoms with E-state index in [2.05, 4.69) is 20.8 Å². The molecule has 1 aliphatic rings. The van der Waals surface area contributed by atoms with Crippen molar-refractivity contribution in [2.75, 3.05) is 7.11 Å². The lowest BCUT2D eigenvalue weighted by Crippen LogP contribution is -2.42. The molecule has 2 unspecified atom stereocenters. The lowest BCUT2D eigenvalue weighted by Gasteiger charge is -2.33. The van der Waals surface area contributed by atoms with Gasteiger partial charge in [0.05, 0.1) is 19.6 Å². The first-order valence-electron chi connectivity index (χ1n) is 10.0. The SMILES string of the molecule is COC(=O)Cn1nnnc1C(NC(CC(=O)O)C1CCCCC1)c1ccc(F)cc1. The van der Waals surface area contributed by atoms with Crippen molar-refractivity contribution in [2.45, 2.75) is 57.2 Å². The Morgan fingerprint density at radius 2 is 1.97 bits per heavy atom. The summed E-state index contributed by atoms with van der Waals surface area (Å²) in [7, 11) is 1.27. The van der Waals surface area contributed by atoms with Gasteiger partial charge in [-0.2, -0.15) is 0 Å². The number of benzene rings is 1. The van der Waals surface area contributed by atoms with Gasteiger partial charge in [0.25, 0.3) is 0 Å². The highest BCUT2D eigenvalue weighted by Crippen LogP contribution is 2.31. The Bertz CT molecular complexity index is 851. The van der Waals surface area contributed by atoms with E-state index in [0.29, 0.717) is 11.4 Å². The summed E-state index contributed by atoms with van der Waals surface area (Å²) in [6, 6.07) is 4.92. The minimum absolute atomic E-state index is 0.0546. The van der Waals surface area contributed by atoms with E-state index in [1.165, 1.54) is 23.9 Å². The molecule has 162 valence electrons. The second-order valence-electron chi connectivity index (χ2n) is 7.52. The van der Waals surface area contributed by atoms with Crippen LogP contribution in [0.25, 0.3) is 0 Å². The summed E-state index contributed by atoms with van der Waals surface area (Å²) in [4.78, 5) is 23.3. The fourth-order valence-electron chi connectivity index (χ4n) is 3.99. The second kappa shape index (κ2) is 10.2. The molecule has 0 spiro atoms. The molecule has 1 fully saturated rings. The molecule has 10 heteroatoms. The predicted octanol–water partition coefficient (Wildman–Crippen LogP) is 2.09. The van der Waals surface area contributed by atoms with Crippen molar-refractivity contribution in [3.63, 3.8) is 0 Å². The summed E-state index contributed by atoms with van der Waals surface area (Å²) < 4.78 is 19.5. The molecule has 0 amide bonds. The van der Waals surface area contributed by atoms with E-state index in [0.717, 1.165) is 32.1 Å². The van der Waals surface area contributed by atoms with Gasteiger partial charge in [-0.25, -0.2) is 9.07 Å². The molecule has 0 radical (unpaired) electrons. The number of rotatable bonds is 9. The lowest BCUT2D eigenvalue weighted by molar-refractivity contribution is -0.141. The fourth-order valence-corrected chi connectivity index (χ4v) is 3.99. The molecule has 1 saturated carbocycles. The maximum Gasteiger partial charge on any atom is 0.327 e. The predicted molar refractivity (Wildman–Crippen MR) is 104 cm³/mol. The molecule has 0 aliphatic heterocycles. The van der Waals surface area contributed by atoms with E-state index >= 15 is 0 Å². The van der Waals surface area contributed by atoms with E-state index in [4.69, 9.17) is 4.74 Å². The average Bonchev–Trinajstić information content (AvgIpc) is 3.19. The number of carbonyl (C=O) groups is 2. The maximum atomic E-state index is 13.5. The molecular weight excluding hydrogens is 393 g/mol. The number of carboxylic acids is 1. The molecule has 1 aromatic heterocycles. The topological polar surface area (TPSA) is 119 Å². The molecule has 1 aromatic carbocycles. The molecule has 2 aromatic rings. The Morgan fingerprint density at radius 3 is 2.60 bits per heavy atom. The summed E-state index contributed by atoms with van der Waals surface area (Å²) in [6.07, 6.45) is 5.09. The van der Waals surface area contributed by atoms with Crippen LogP contribution in [0.3, 0.4) is 0 Å². The second-order valence-corrected chi connectivity index (χ2v) is 7.52. The van der Waals surface area contributed by atoms with Crippen LogP contribution in [0, 0.1) is 11.7 Å². The number of methoxy groups -OCH3 is 1. The highest BCUT2D eigenvalue weighted by molar-refractivity contribution is 5.69. The molecule has 1 heterocycles. The van der Waals surface area contributed by atoms with Crippen molar-refractivity contribution in [2.24, 2.45) is 5.92 Å². The van der Waals surface area contributed by atoms with Crippen molar-refractivity contribution in [1.29, 1.82) is 0 Å². The van der Waals surface area contributed by atoms with Crippen molar-refractivity contribution < 1.29 is 23.8 Å². The fraction of sp³-hybridized carbons (Fsp3) is 0.550. The molecule has 2 N–H and O–H groups in total. The van der Waals surface area contributed by atoms with E-state index in [-0.39, 0.29) is 30.7 Å². The van der Waals surface area contributed by atoms with E-state index in [9.17, 15) is 19.1 Å². The van der Waals surface area contributed by atoms with Gasteiger partial charge in [0.1, 0.15) is 12.4 Å².